The number of esters is 1. The number of benzene rings is 2. The highest BCUT2D eigenvalue weighted by Gasteiger charge is 2.45. The first-order valence-corrected chi connectivity index (χ1v) is 13.6. The van der Waals surface area contributed by atoms with Crippen molar-refractivity contribution in [1.29, 1.82) is 0 Å². The second-order valence-electron chi connectivity index (χ2n) is 11.1. The number of methoxy groups -OCH3 is 1. The number of aliphatic hydroxyl groups is 1. The number of phenols is 1. The zero-order valence-electron chi connectivity index (χ0n) is 22.9. The number of rotatable bonds is 5. The van der Waals surface area contributed by atoms with Crippen LogP contribution in [0.3, 0.4) is 0 Å². The van der Waals surface area contributed by atoms with Gasteiger partial charge < -0.3 is 29.2 Å². The van der Waals surface area contributed by atoms with E-state index in [0.717, 1.165) is 22.3 Å². The maximum Gasteiger partial charge on any atom is 0.374 e. The van der Waals surface area contributed by atoms with Crippen molar-refractivity contribution in [2.24, 2.45) is 5.92 Å². The molecule has 40 heavy (non-hydrogen) atoms. The van der Waals surface area contributed by atoms with Crippen LogP contribution in [-0.2, 0) is 20.7 Å². The molecular formula is C32H32O8. The first kappa shape index (κ1) is 26.2. The molecule has 2 aromatic carbocycles. The molecule has 0 bridgehead atoms. The molecule has 0 spiro atoms. The van der Waals surface area contributed by atoms with Crippen molar-refractivity contribution in [1.82, 2.24) is 0 Å². The molecule has 2 aliphatic carbocycles. The summed E-state index contributed by atoms with van der Waals surface area (Å²) in [4.78, 5) is 26.4. The number of hydrogen-bond acceptors (Lipinski definition) is 8. The predicted molar refractivity (Wildman–Crippen MR) is 146 cm³/mol. The SMILES string of the molecule is CCOC(=O)C1=C2C=C[C@@H]3C(=C2c2c(cc4c(c2OC)C[C@@H](C(C)(C)O)O4)O1)CCC(=O)[C@@H]3c1ccc(O)cc1. The van der Waals surface area contributed by atoms with Gasteiger partial charge in [-0.2, -0.15) is 0 Å². The molecule has 8 nitrogen and oxygen atoms in total. The number of phenolic OH excluding ortho intramolecular Hbond substituents is 1. The van der Waals surface area contributed by atoms with Gasteiger partial charge in [-0.1, -0.05) is 29.9 Å². The second kappa shape index (κ2) is 9.55. The van der Waals surface area contributed by atoms with Crippen LogP contribution in [0.25, 0.3) is 5.57 Å². The standard InChI is InChI=1S/C32H32O8/c1-5-38-31(35)30-20-11-10-18-19(12-13-22(34)26(18)16-6-8-17(33)9-7-16)27(20)28-24(40-30)15-23-21(29(28)37-4)14-25(39-23)32(2,3)36/h6-11,15,18,25-26,33,36H,5,12-14H2,1-4H3/t18-,25+,26-/m1/s1. The molecule has 208 valence electrons. The van der Waals surface area contributed by atoms with E-state index in [4.69, 9.17) is 18.9 Å². The molecule has 4 aliphatic rings. The van der Waals surface area contributed by atoms with Crippen LogP contribution in [-0.4, -0.2) is 47.4 Å². The third-order valence-electron chi connectivity index (χ3n) is 8.19. The Kier molecular flexibility index (Phi) is 6.26. The van der Waals surface area contributed by atoms with Crippen molar-refractivity contribution in [3.05, 3.63) is 76.1 Å². The van der Waals surface area contributed by atoms with Gasteiger partial charge in [-0.05, 0) is 44.9 Å². The van der Waals surface area contributed by atoms with Gasteiger partial charge in [0, 0.05) is 41.5 Å². The maximum absolute atomic E-state index is 13.3. The van der Waals surface area contributed by atoms with Crippen LogP contribution in [0.4, 0.5) is 0 Å². The summed E-state index contributed by atoms with van der Waals surface area (Å²) in [5, 5.41) is 20.5. The number of allylic oxidation sites excluding steroid dienone is 5. The number of ketones is 1. The Bertz CT molecular complexity index is 1500. The number of carbonyl (C=O) groups excluding carboxylic acids is 2. The topological polar surface area (TPSA) is 112 Å². The fraction of sp³-hybridized carbons (Fsp3) is 0.375. The number of aromatic hydroxyl groups is 1. The monoisotopic (exact) mass is 544 g/mol. The Morgan fingerprint density at radius 1 is 1.15 bits per heavy atom. The lowest BCUT2D eigenvalue weighted by Gasteiger charge is -2.38. The number of fused-ring (bicyclic) bond motifs is 5. The van der Waals surface area contributed by atoms with Crippen molar-refractivity contribution in [2.75, 3.05) is 13.7 Å². The molecular weight excluding hydrogens is 512 g/mol. The molecule has 2 heterocycles. The zero-order chi connectivity index (χ0) is 28.3. The van der Waals surface area contributed by atoms with E-state index in [9.17, 15) is 19.8 Å². The molecule has 0 radical (unpaired) electrons. The highest BCUT2D eigenvalue weighted by atomic mass is 16.6. The molecule has 0 aromatic heterocycles. The van der Waals surface area contributed by atoms with Crippen LogP contribution < -0.4 is 14.2 Å². The van der Waals surface area contributed by atoms with Crippen molar-refractivity contribution >= 4 is 17.3 Å². The fourth-order valence-corrected chi connectivity index (χ4v) is 6.30. The van der Waals surface area contributed by atoms with Gasteiger partial charge in [-0.15, -0.1) is 0 Å². The lowest BCUT2D eigenvalue weighted by Crippen LogP contribution is -2.39. The summed E-state index contributed by atoms with van der Waals surface area (Å²) in [5.41, 5.74) is 3.66. The Morgan fingerprint density at radius 2 is 1.90 bits per heavy atom. The number of hydrogen-bond donors (Lipinski definition) is 2. The zero-order valence-corrected chi connectivity index (χ0v) is 22.9. The van der Waals surface area contributed by atoms with E-state index < -0.39 is 23.6 Å². The third kappa shape index (κ3) is 4.09. The van der Waals surface area contributed by atoms with Gasteiger partial charge in [0.2, 0.25) is 5.76 Å². The summed E-state index contributed by atoms with van der Waals surface area (Å²) in [5.74, 6) is 0.554. The van der Waals surface area contributed by atoms with E-state index in [2.05, 4.69) is 0 Å². The Morgan fingerprint density at radius 3 is 2.58 bits per heavy atom. The van der Waals surface area contributed by atoms with Crippen LogP contribution in [0.2, 0.25) is 0 Å². The minimum Gasteiger partial charge on any atom is -0.508 e. The van der Waals surface area contributed by atoms with Gasteiger partial charge in [0.1, 0.15) is 34.9 Å². The summed E-state index contributed by atoms with van der Waals surface area (Å²) in [6.45, 7) is 5.33. The maximum atomic E-state index is 13.3. The van der Waals surface area contributed by atoms with Gasteiger partial charge >= 0.3 is 5.97 Å². The molecule has 3 atom stereocenters. The van der Waals surface area contributed by atoms with Crippen LogP contribution in [0.1, 0.15) is 56.2 Å². The minimum atomic E-state index is -1.09. The van der Waals surface area contributed by atoms with E-state index in [-0.39, 0.29) is 29.8 Å². The van der Waals surface area contributed by atoms with Crippen LogP contribution in [0.15, 0.2) is 59.4 Å². The lowest BCUT2D eigenvalue weighted by molar-refractivity contribution is -0.141. The molecule has 0 unspecified atom stereocenters. The normalized spacial score (nSPS) is 23.0. The fourth-order valence-electron chi connectivity index (χ4n) is 6.30. The van der Waals surface area contributed by atoms with Crippen molar-refractivity contribution in [3.8, 4) is 23.0 Å². The smallest absolute Gasteiger partial charge is 0.374 e. The molecule has 2 N–H and O–H groups in total. The molecule has 6 rings (SSSR count). The number of carbonyl (C=O) groups is 2. The van der Waals surface area contributed by atoms with E-state index >= 15 is 0 Å². The first-order chi connectivity index (χ1) is 19.1. The van der Waals surface area contributed by atoms with E-state index in [1.807, 2.05) is 12.2 Å². The summed E-state index contributed by atoms with van der Waals surface area (Å²) < 4.78 is 23.7. The van der Waals surface area contributed by atoms with Crippen molar-refractivity contribution < 1.29 is 38.7 Å². The molecule has 2 aromatic rings. The van der Waals surface area contributed by atoms with E-state index in [1.54, 1.807) is 58.2 Å². The average molecular weight is 545 g/mol. The quantitative estimate of drug-likeness (QED) is 0.518. The third-order valence-corrected chi connectivity index (χ3v) is 8.19. The van der Waals surface area contributed by atoms with Crippen LogP contribution in [0.5, 0.6) is 23.0 Å². The first-order valence-electron chi connectivity index (χ1n) is 13.6. The van der Waals surface area contributed by atoms with Crippen LogP contribution >= 0.6 is 0 Å². The van der Waals surface area contributed by atoms with Crippen molar-refractivity contribution in [3.63, 3.8) is 0 Å². The molecule has 0 saturated heterocycles. The summed E-state index contributed by atoms with van der Waals surface area (Å²) in [7, 11) is 1.59. The molecule has 1 saturated carbocycles. The minimum absolute atomic E-state index is 0.0728. The van der Waals surface area contributed by atoms with E-state index in [1.165, 1.54) is 0 Å². The lowest BCUT2D eigenvalue weighted by atomic mass is 9.66. The molecule has 8 heteroatoms. The molecule has 1 fully saturated rings. The Hall–Kier alpha value is -4.04. The van der Waals surface area contributed by atoms with Gasteiger partial charge in [-0.3, -0.25) is 4.79 Å². The van der Waals surface area contributed by atoms with E-state index in [0.29, 0.717) is 47.6 Å². The highest BCUT2D eigenvalue weighted by molar-refractivity contribution is 6.03. The number of Topliss-reactive ketones (excluding diaryl/α,β-unsaturated/α-hetero) is 1. The van der Waals surface area contributed by atoms with Gasteiger partial charge in [-0.25, -0.2) is 4.79 Å². The predicted octanol–water partition coefficient (Wildman–Crippen LogP) is 4.77. The summed E-state index contributed by atoms with van der Waals surface area (Å²) in [6.07, 6.45) is 4.61. The van der Waals surface area contributed by atoms with Crippen molar-refractivity contribution in [2.45, 2.75) is 57.7 Å². The average Bonchev–Trinajstić information content (AvgIpc) is 3.36. The molecule has 2 aliphatic heterocycles. The summed E-state index contributed by atoms with van der Waals surface area (Å²) in [6, 6.07) is 8.51. The summed E-state index contributed by atoms with van der Waals surface area (Å²) >= 11 is 0. The Labute approximate surface area is 232 Å². The number of ether oxygens (including phenoxy) is 4. The Balaban J connectivity index is 1.57. The van der Waals surface area contributed by atoms with Gasteiger partial charge in [0.25, 0.3) is 0 Å². The van der Waals surface area contributed by atoms with Crippen LogP contribution in [0, 0.1) is 5.92 Å². The van der Waals surface area contributed by atoms with Gasteiger partial charge in [0.15, 0.2) is 0 Å². The largest absolute Gasteiger partial charge is 0.508 e. The second-order valence-corrected chi connectivity index (χ2v) is 11.1. The highest BCUT2D eigenvalue weighted by Crippen LogP contribution is 2.57. The molecule has 0 amide bonds. The van der Waals surface area contributed by atoms with Gasteiger partial charge in [0.05, 0.1) is 30.8 Å².